The predicted molar refractivity (Wildman–Crippen MR) is 213 cm³/mol. The van der Waals surface area contributed by atoms with Gasteiger partial charge in [0.1, 0.15) is 18.3 Å². The largest absolute Gasteiger partial charge is 0.461 e. The molecular formula is C44H64N4O5. The third kappa shape index (κ3) is 17.0. The normalized spacial score (nSPS) is 12.4. The van der Waals surface area contributed by atoms with Crippen molar-refractivity contribution in [2.45, 2.75) is 149 Å². The summed E-state index contributed by atoms with van der Waals surface area (Å²) in [7, 11) is 0. The van der Waals surface area contributed by atoms with Gasteiger partial charge in [-0.15, -0.1) is 0 Å². The molecule has 3 rings (SSSR count). The topological polar surface area (TPSA) is 132 Å². The highest BCUT2D eigenvalue weighted by atomic mass is 16.5. The van der Waals surface area contributed by atoms with E-state index in [2.05, 4.69) is 31.1 Å². The van der Waals surface area contributed by atoms with Crippen molar-refractivity contribution in [1.29, 1.82) is 0 Å². The van der Waals surface area contributed by atoms with Gasteiger partial charge in [-0.25, -0.2) is 4.98 Å². The van der Waals surface area contributed by atoms with Crippen LogP contribution >= 0.6 is 0 Å². The summed E-state index contributed by atoms with van der Waals surface area (Å²) in [5.74, 6) is -1.26. The Morgan fingerprint density at radius 3 is 2.06 bits per heavy atom. The Bertz CT molecular complexity index is 1530. The van der Waals surface area contributed by atoms with Crippen LogP contribution in [0.1, 0.15) is 146 Å². The van der Waals surface area contributed by atoms with Gasteiger partial charge in [0, 0.05) is 30.8 Å². The smallest absolute Gasteiger partial charge is 0.306 e. The number of nitrogens with zero attached hydrogens (tertiary/aromatic N) is 2. The first-order chi connectivity index (χ1) is 25.7. The highest BCUT2D eigenvalue weighted by Crippen LogP contribution is 2.21. The van der Waals surface area contributed by atoms with E-state index in [4.69, 9.17) is 10.5 Å². The maximum atomic E-state index is 14.6. The zero-order valence-corrected chi connectivity index (χ0v) is 32.5. The average Bonchev–Trinajstić information content (AvgIpc) is 3.15. The number of benzene rings is 2. The van der Waals surface area contributed by atoms with Gasteiger partial charge in [0.15, 0.2) is 0 Å². The molecule has 0 bridgehead atoms. The van der Waals surface area contributed by atoms with Gasteiger partial charge in [-0.2, -0.15) is 0 Å². The number of nitrogens with two attached hydrogens (primary N) is 1. The van der Waals surface area contributed by atoms with Crippen LogP contribution in [0.3, 0.4) is 0 Å². The Kier molecular flexibility index (Phi) is 20.2. The number of hydrogen-bond acceptors (Lipinski definition) is 6. The molecule has 53 heavy (non-hydrogen) atoms. The summed E-state index contributed by atoms with van der Waals surface area (Å²) in [5, 5.41) is 3.86. The van der Waals surface area contributed by atoms with Crippen molar-refractivity contribution in [2.24, 2.45) is 11.7 Å². The van der Waals surface area contributed by atoms with Gasteiger partial charge >= 0.3 is 5.97 Å². The summed E-state index contributed by atoms with van der Waals surface area (Å²) in [6.45, 7) is 7.04. The van der Waals surface area contributed by atoms with Crippen LogP contribution in [0.25, 0.3) is 10.9 Å². The summed E-state index contributed by atoms with van der Waals surface area (Å²) in [5.41, 5.74) is 7.54. The number of primary amides is 1. The van der Waals surface area contributed by atoms with Crippen LogP contribution in [0.15, 0.2) is 66.7 Å². The second kappa shape index (κ2) is 24.9. The van der Waals surface area contributed by atoms with Gasteiger partial charge < -0.3 is 20.7 Å². The quantitative estimate of drug-likeness (QED) is 0.0595. The average molecular weight is 729 g/mol. The number of ether oxygens (including phenoxy) is 1. The van der Waals surface area contributed by atoms with E-state index >= 15 is 0 Å². The molecule has 290 valence electrons. The summed E-state index contributed by atoms with van der Waals surface area (Å²) >= 11 is 0. The minimum Gasteiger partial charge on any atom is -0.461 e. The number of esters is 1. The number of amides is 3. The van der Waals surface area contributed by atoms with Crippen molar-refractivity contribution in [3.63, 3.8) is 0 Å². The minimum absolute atomic E-state index is 0.0559. The van der Waals surface area contributed by atoms with Crippen molar-refractivity contribution in [1.82, 2.24) is 15.2 Å². The summed E-state index contributed by atoms with van der Waals surface area (Å²) in [6, 6.07) is 19.2. The van der Waals surface area contributed by atoms with Crippen LogP contribution in [0, 0.1) is 5.92 Å². The van der Waals surface area contributed by atoms with Crippen molar-refractivity contribution in [2.75, 3.05) is 6.54 Å². The first kappa shape index (κ1) is 43.1. The maximum Gasteiger partial charge on any atom is 0.306 e. The Labute approximate surface area is 317 Å². The summed E-state index contributed by atoms with van der Waals surface area (Å²) in [6.07, 6.45) is 15.4. The van der Waals surface area contributed by atoms with Crippen molar-refractivity contribution < 1.29 is 23.9 Å². The number of nitrogens with one attached hydrogen (secondary N) is 1. The van der Waals surface area contributed by atoms with Gasteiger partial charge in [0.2, 0.25) is 11.8 Å². The third-order valence-corrected chi connectivity index (χ3v) is 9.80. The van der Waals surface area contributed by atoms with E-state index in [0.29, 0.717) is 30.8 Å². The molecule has 2 aromatic carbocycles. The fraction of sp³-hybridized carbons (Fsp3) is 0.568. The van der Waals surface area contributed by atoms with Gasteiger partial charge in [0.25, 0.3) is 5.91 Å². The molecule has 3 amide bonds. The van der Waals surface area contributed by atoms with Crippen LogP contribution in [0.4, 0.5) is 0 Å². The number of carbonyl (C=O) groups is 4. The SMILES string of the molecule is CCCCCCCCCCCCC[C@@H](CC(N)=O)N(CCC(C)C)C(=O)[C@H](CCCC(=O)OCc1ccccc1)NC(=O)c1ccc2ccccc2n1. The second-order valence-electron chi connectivity index (χ2n) is 14.8. The lowest BCUT2D eigenvalue weighted by Crippen LogP contribution is -2.53. The van der Waals surface area contributed by atoms with Gasteiger partial charge in [0.05, 0.1) is 5.52 Å². The molecule has 0 unspecified atom stereocenters. The lowest BCUT2D eigenvalue weighted by Gasteiger charge is -2.35. The molecule has 1 heterocycles. The number of fused-ring (bicyclic) bond motifs is 1. The highest BCUT2D eigenvalue weighted by molar-refractivity contribution is 5.98. The zero-order valence-electron chi connectivity index (χ0n) is 32.5. The molecule has 3 aromatic rings. The Morgan fingerprint density at radius 1 is 0.755 bits per heavy atom. The van der Waals surface area contributed by atoms with E-state index in [1.54, 1.807) is 11.0 Å². The number of aromatic nitrogens is 1. The molecule has 3 N–H and O–H groups in total. The monoisotopic (exact) mass is 728 g/mol. The van der Waals surface area contributed by atoms with Crippen molar-refractivity contribution in [3.8, 4) is 0 Å². The maximum absolute atomic E-state index is 14.6. The molecule has 0 radical (unpaired) electrons. The fourth-order valence-corrected chi connectivity index (χ4v) is 6.66. The van der Waals surface area contributed by atoms with Gasteiger partial charge in [-0.05, 0) is 49.3 Å². The molecular weight excluding hydrogens is 665 g/mol. The molecule has 0 spiro atoms. The van der Waals surface area contributed by atoms with E-state index < -0.39 is 17.9 Å². The van der Waals surface area contributed by atoms with Crippen LogP contribution < -0.4 is 11.1 Å². The van der Waals surface area contributed by atoms with E-state index in [9.17, 15) is 19.2 Å². The summed E-state index contributed by atoms with van der Waals surface area (Å²) in [4.78, 5) is 59.6. The van der Waals surface area contributed by atoms with Crippen molar-refractivity contribution >= 4 is 34.6 Å². The van der Waals surface area contributed by atoms with E-state index in [0.717, 1.165) is 36.6 Å². The molecule has 1 aromatic heterocycles. The van der Waals surface area contributed by atoms with Gasteiger partial charge in [-0.1, -0.05) is 146 Å². The third-order valence-electron chi connectivity index (χ3n) is 9.80. The Morgan fingerprint density at radius 2 is 1.40 bits per heavy atom. The lowest BCUT2D eigenvalue weighted by molar-refractivity contribution is -0.145. The first-order valence-electron chi connectivity index (χ1n) is 20.1. The van der Waals surface area contributed by atoms with Crippen LogP contribution in [0.2, 0.25) is 0 Å². The van der Waals surface area contributed by atoms with E-state index in [1.165, 1.54) is 51.4 Å². The number of hydrogen-bond donors (Lipinski definition) is 2. The Hall–Kier alpha value is -4.27. The first-order valence-corrected chi connectivity index (χ1v) is 20.1. The molecule has 0 saturated carbocycles. The molecule has 0 fully saturated rings. The van der Waals surface area contributed by atoms with E-state index in [-0.39, 0.29) is 49.5 Å². The number of unbranched alkanes of at least 4 members (excludes halogenated alkanes) is 10. The van der Waals surface area contributed by atoms with Crippen molar-refractivity contribution in [3.05, 3.63) is 78.0 Å². The molecule has 0 aliphatic carbocycles. The highest BCUT2D eigenvalue weighted by Gasteiger charge is 2.32. The van der Waals surface area contributed by atoms with Crippen LogP contribution in [0.5, 0.6) is 0 Å². The molecule has 0 aliphatic rings. The van der Waals surface area contributed by atoms with Crippen LogP contribution in [-0.2, 0) is 25.7 Å². The number of para-hydroxylation sites is 1. The molecule has 0 aliphatic heterocycles. The molecule has 2 atom stereocenters. The summed E-state index contributed by atoms with van der Waals surface area (Å²) < 4.78 is 5.48. The number of carbonyl (C=O) groups excluding carboxylic acids is 4. The predicted octanol–water partition coefficient (Wildman–Crippen LogP) is 9.07. The minimum atomic E-state index is -0.933. The molecule has 9 heteroatoms. The standard InChI is InChI=1S/C44H64N4O5/c1-4-5-6-7-8-9-10-11-12-13-17-24-37(32-41(45)49)48(31-30-34(2)3)44(52)40(26-20-27-42(50)53-33-35-21-15-14-16-22-35)47-43(51)39-29-28-36-23-18-19-25-38(36)46-39/h14-16,18-19,21-23,25,28-29,34,37,40H,4-13,17,20,24,26-27,30-33H2,1-3H3,(H2,45,49)(H,47,51)/t37-,40-/m0/s1. The van der Waals surface area contributed by atoms with Crippen LogP contribution in [-0.4, -0.2) is 52.2 Å². The lowest BCUT2D eigenvalue weighted by atomic mass is 9.98. The Balaban J connectivity index is 1.71. The molecule has 9 nitrogen and oxygen atoms in total. The van der Waals surface area contributed by atoms with E-state index in [1.807, 2.05) is 60.7 Å². The second-order valence-corrected chi connectivity index (χ2v) is 14.8. The van der Waals surface area contributed by atoms with Gasteiger partial charge in [-0.3, -0.25) is 19.2 Å². The molecule has 0 saturated heterocycles. The zero-order chi connectivity index (χ0) is 38.3. The fourth-order valence-electron chi connectivity index (χ4n) is 6.66. The number of rotatable bonds is 27. The number of pyridine rings is 1.